The van der Waals surface area contributed by atoms with Crippen LogP contribution < -0.4 is 10.1 Å². The zero-order valence-electron chi connectivity index (χ0n) is 13.0. The molecule has 5 nitrogen and oxygen atoms in total. The van der Waals surface area contributed by atoms with Gasteiger partial charge in [0.2, 0.25) is 0 Å². The van der Waals surface area contributed by atoms with E-state index in [2.05, 4.69) is 5.32 Å². The summed E-state index contributed by atoms with van der Waals surface area (Å²) in [6.45, 7) is 2.45. The molecule has 1 aliphatic carbocycles. The van der Waals surface area contributed by atoms with Gasteiger partial charge in [0.1, 0.15) is 18.2 Å². The highest BCUT2D eigenvalue weighted by Crippen LogP contribution is 2.32. The number of halogens is 1. The van der Waals surface area contributed by atoms with Gasteiger partial charge in [0.25, 0.3) is 0 Å². The maximum Gasteiger partial charge on any atom is 0.317 e. The summed E-state index contributed by atoms with van der Waals surface area (Å²) in [6, 6.07) is 5.30. The summed E-state index contributed by atoms with van der Waals surface area (Å²) in [5, 5.41) is 12.6. The predicted molar refractivity (Wildman–Crippen MR) is 81.2 cm³/mol. The van der Waals surface area contributed by atoms with E-state index in [1.165, 1.54) is 17.0 Å². The SMILES string of the molecule is CC(COc1ccc(F)cc1)NC(=O)N(C)CC(O)C1CC1. The van der Waals surface area contributed by atoms with E-state index in [1.807, 2.05) is 6.92 Å². The first-order chi connectivity index (χ1) is 10.5. The minimum atomic E-state index is -0.443. The summed E-state index contributed by atoms with van der Waals surface area (Å²) in [5.74, 6) is 0.582. The molecule has 1 saturated carbocycles. The van der Waals surface area contributed by atoms with Gasteiger partial charge in [0.05, 0.1) is 12.1 Å². The fraction of sp³-hybridized carbons (Fsp3) is 0.562. The zero-order chi connectivity index (χ0) is 16.1. The average molecular weight is 310 g/mol. The molecular formula is C16H23FN2O3. The van der Waals surface area contributed by atoms with E-state index in [-0.39, 0.29) is 24.5 Å². The van der Waals surface area contributed by atoms with Crippen molar-refractivity contribution in [1.82, 2.24) is 10.2 Å². The highest BCUT2D eigenvalue weighted by molar-refractivity contribution is 5.74. The largest absolute Gasteiger partial charge is 0.491 e. The van der Waals surface area contributed by atoms with E-state index in [4.69, 9.17) is 4.74 Å². The van der Waals surface area contributed by atoms with Crippen LogP contribution in [0.1, 0.15) is 19.8 Å². The smallest absolute Gasteiger partial charge is 0.317 e. The molecule has 0 bridgehead atoms. The molecule has 2 unspecified atom stereocenters. The molecule has 6 heteroatoms. The second-order valence-electron chi connectivity index (χ2n) is 5.90. The van der Waals surface area contributed by atoms with Crippen LogP contribution in [0.4, 0.5) is 9.18 Å². The van der Waals surface area contributed by atoms with Gasteiger partial charge in [0, 0.05) is 13.6 Å². The van der Waals surface area contributed by atoms with Crippen LogP contribution in [0, 0.1) is 11.7 Å². The standard InChI is InChI=1S/C16H23FN2O3/c1-11(10-22-14-7-5-13(17)6-8-14)18-16(21)19(2)9-15(20)12-3-4-12/h5-8,11-12,15,20H,3-4,9-10H2,1-2H3,(H,18,21). The zero-order valence-corrected chi connectivity index (χ0v) is 13.0. The summed E-state index contributed by atoms with van der Waals surface area (Å²) in [5.41, 5.74) is 0. The molecule has 2 amide bonds. The number of ether oxygens (including phenoxy) is 1. The van der Waals surface area contributed by atoms with Gasteiger partial charge in [-0.1, -0.05) is 0 Å². The van der Waals surface area contributed by atoms with Crippen molar-refractivity contribution in [1.29, 1.82) is 0 Å². The van der Waals surface area contributed by atoms with Crippen LogP contribution in [0.5, 0.6) is 5.75 Å². The van der Waals surface area contributed by atoms with Crippen molar-refractivity contribution in [2.24, 2.45) is 5.92 Å². The van der Waals surface area contributed by atoms with Crippen molar-refractivity contribution < 1.29 is 19.0 Å². The quantitative estimate of drug-likeness (QED) is 0.810. The van der Waals surface area contributed by atoms with Crippen LogP contribution in [0.3, 0.4) is 0 Å². The van der Waals surface area contributed by atoms with Crippen LogP contribution in [-0.4, -0.2) is 48.4 Å². The van der Waals surface area contributed by atoms with E-state index in [0.717, 1.165) is 12.8 Å². The highest BCUT2D eigenvalue weighted by Gasteiger charge is 2.31. The number of amides is 2. The van der Waals surface area contributed by atoms with Crippen LogP contribution in [-0.2, 0) is 0 Å². The third-order valence-electron chi connectivity index (χ3n) is 3.66. The maximum absolute atomic E-state index is 12.8. The normalized spacial score (nSPS) is 16.7. The number of hydrogen-bond donors (Lipinski definition) is 2. The number of carbonyl (C=O) groups excluding carboxylic acids is 1. The number of aliphatic hydroxyl groups is 1. The molecular weight excluding hydrogens is 287 g/mol. The number of rotatable bonds is 7. The lowest BCUT2D eigenvalue weighted by molar-refractivity contribution is 0.112. The molecule has 0 spiro atoms. The molecule has 1 fully saturated rings. The van der Waals surface area contributed by atoms with Gasteiger partial charge >= 0.3 is 6.03 Å². The molecule has 1 aromatic carbocycles. The van der Waals surface area contributed by atoms with Crippen molar-refractivity contribution >= 4 is 6.03 Å². The number of carbonyl (C=O) groups is 1. The van der Waals surface area contributed by atoms with Crippen molar-refractivity contribution in [2.45, 2.75) is 31.9 Å². The Hall–Kier alpha value is -1.82. The lowest BCUT2D eigenvalue weighted by Gasteiger charge is -2.23. The van der Waals surface area contributed by atoms with E-state index < -0.39 is 6.10 Å². The molecule has 1 aromatic rings. The van der Waals surface area contributed by atoms with Gasteiger partial charge in [-0.25, -0.2) is 9.18 Å². The van der Waals surface area contributed by atoms with E-state index in [9.17, 15) is 14.3 Å². The van der Waals surface area contributed by atoms with Crippen LogP contribution in [0.2, 0.25) is 0 Å². The number of urea groups is 1. The van der Waals surface area contributed by atoms with Crippen LogP contribution >= 0.6 is 0 Å². The number of nitrogens with zero attached hydrogens (tertiary/aromatic N) is 1. The third kappa shape index (κ3) is 5.18. The molecule has 1 aliphatic rings. The predicted octanol–water partition coefficient (Wildman–Crippen LogP) is 2.01. The van der Waals surface area contributed by atoms with E-state index >= 15 is 0 Å². The third-order valence-corrected chi connectivity index (χ3v) is 3.66. The molecule has 0 saturated heterocycles. The van der Waals surface area contributed by atoms with E-state index in [0.29, 0.717) is 18.2 Å². The fourth-order valence-corrected chi connectivity index (χ4v) is 2.11. The molecule has 0 radical (unpaired) electrons. The first-order valence-electron chi connectivity index (χ1n) is 7.53. The summed E-state index contributed by atoms with van der Waals surface area (Å²) in [4.78, 5) is 13.5. The summed E-state index contributed by atoms with van der Waals surface area (Å²) >= 11 is 0. The lowest BCUT2D eigenvalue weighted by atomic mass is 10.2. The first-order valence-corrected chi connectivity index (χ1v) is 7.53. The molecule has 2 N–H and O–H groups in total. The molecule has 2 atom stereocenters. The second kappa shape index (κ2) is 7.45. The monoisotopic (exact) mass is 310 g/mol. The van der Waals surface area contributed by atoms with Crippen molar-refractivity contribution in [3.8, 4) is 5.75 Å². The molecule has 0 aliphatic heterocycles. The Morgan fingerprint density at radius 1 is 1.45 bits per heavy atom. The van der Waals surface area contributed by atoms with Gasteiger partial charge in [-0.2, -0.15) is 0 Å². The van der Waals surface area contributed by atoms with Gasteiger partial charge in [0.15, 0.2) is 0 Å². The Morgan fingerprint density at radius 2 is 2.09 bits per heavy atom. The Morgan fingerprint density at radius 3 is 2.68 bits per heavy atom. The highest BCUT2D eigenvalue weighted by atomic mass is 19.1. The van der Waals surface area contributed by atoms with E-state index in [1.54, 1.807) is 19.2 Å². The van der Waals surface area contributed by atoms with Crippen molar-refractivity contribution in [2.75, 3.05) is 20.2 Å². The Bertz CT molecular complexity index is 491. The first kappa shape index (κ1) is 16.5. The number of likely N-dealkylation sites (N-methyl/N-ethyl adjacent to an activating group) is 1. The van der Waals surface area contributed by atoms with Gasteiger partial charge in [-0.3, -0.25) is 0 Å². The number of nitrogens with one attached hydrogen (secondary N) is 1. The second-order valence-corrected chi connectivity index (χ2v) is 5.90. The molecule has 0 heterocycles. The molecule has 22 heavy (non-hydrogen) atoms. The number of hydrogen-bond acceptors (Lipinski definition) is 3. The molecule has 122 valence electrons. The summed E-state index contributed by atoms with van der Waals surface area (Å²) in [6.07, 6.45) is 1.64. The van der Waals surface area contributed by atoms with Crippen LogP contribution in [0.15, 0.2) is 24.3 Å². The summed E-state index contributed by atoms with van der Waals surface area (Å²) in [7, 11) is 1.66. The summed E-state index contributed by atoms with van der Waals surface area (Å²) < 4.78 is 18.3. The number of benzene rings is 1. The Labute approximate surface area is 130 Å². The molecule has 2 rings (SSSR count). The molecule has 0 aromatic heterocycles. The van der Waals surface area contributed by atoms with Crippen molar-refractivity contribution in [3.63, 3.8) is 0 Å². The number of aliphatic hydroxyl groups excluding tert-OH is 1. The van der Waals surface area contributed by atoms with Crippen LogP contribution in [0.25, 0.3) is 0 Å². The van der Waals surface area contributed by atoms with Gasteiger partial charge in [-0.15, -0.1) is 0 Å². The average Bonchev–Trinajstić information content (AvgIpc) is 3.31. The topological polar surface area (TPSA) is 61.8 Å². The van der Waals surface area contributed by atoms with Gasteiger partial charge < -0.3 is 20.1 Å². The minimum Gasteiger partial charge on any atom is -0.491 e. The lowest BCUT2D eigenvalue weighted by Crippen LogP contribution is -2.46. The Balaban J connectivity index is 1.69. The van der Waals surface area contributed by atoms with Gasteiger partial charge in [-0.05, 0) is 49.9 Å². The minimum absolute atomic E-state index is 0.196. The van der Waals surface area contributed by atoms with Crippen molar-refractivity contribution in [3.05, 3.63) is 30.1 Å². The Kier molecular flexibility index (Phi) is 5.60. The fourth-order valence-electron chi connectivity index (χ4n) is 2.11. The maximum atomic E-state index is 12.8.